The van der Waals surface area contributed by atoms with Gasteiger partial charge in [-0.3, -0.25) is 4.79 Å². The zero-order valence-corrected chi connectivity index (χ0v) is 15.5. The first-order valence-corrected chi connectivity index (χ1v) is 9.40. The summed E-state index contributed by atoms with van der Waals surface area (Å²) in [5, 5.41) is 7.95. The molecule has 3 rings (SSSR count). The van der Waals surface area contributed by atoms with Gasteiger partial charge in [-0.25, -0.2) is 9.18 Å². The number of anilines is 2. The van der Waals surface area contributed by atoms with Crippen LogP contribution in [-0.4, -0.2) is 31.2 Å². The lowest BCUT2D eigenvalue weighted by molar-refractivity contribution is -0.115. The molecule has 0 bridgehead atoms. The molecule has 1 fully saturated rings. The SMILES string of the molecule is O=C(Cc1ccccc1)Nc1cc(NC(=O)NCC[C@@H]2CCCO2)ccc1F. The maximum Gasteiger partial charge on any atom is 0.319 e. The fraction of sp³-hybridized carbons (Fsp3) is 0.333. The standard InChI is InChI=1S/C21H24FN3O3/c22-18-9-8-16(24-21(27)23-11-10-17-7-4-12-28-17)14-19(18)25-20(26)13-15-5-2-1-3-6-15/h1-3,5-6,8-9,14,17H,4,7,10-13H2,(H,25,26)(H2,23,24,27)/t17-/m0/s1. The van der Waals surface area contributed by atoms with Crippen LogP contribution >= 0.6 is 0 Å². The highest BCUT2D eigenvalue weighted by Crippen LogP contribution is 2.20. The molecule has 2 aromatic rings. The Labute approximate surface area is 163 Å². The molecule has 6 nitrogen and oxygen atoms in total. The molecule has 2 aromatic carbocycles. The van der Waals surface area contributed by atoms with Crippen molar-refractivity contribution in [1.29, 1.82) is 0 Å². The Morgan fingerprint density at radius 3 is 2.68 bits per heavy atom. The first kappa shape index (κ1) is 19.8. The van der Waals surface area contributed by atoms with Crippen LogP contribution in [0.4, 0.5) is 20.6 Å². The summed E-state index contributed by atoms with van der Waals surface area (Å²) < 4.78 is 19.5. The summed E-state index contributed by atoms with van der Waals surface area (Å²) in [6.07, 6.45) is 3.19. The summed E-state index contributed by atoms with van der Waals surface area (Å²) in [5.41, 5.74) is 1.25. The summed E-state index contributed by atoms with van der Waals surface area (Å²) in [6, 6.07) is 12.9. The van der Waals surface area contributed by atoms with E-state index in [1.54, 1.807) is 0 Å². The van der Waals surface area contributed by atoms with Crippen LogP contribution in [0.15, 0.2) is 48.5 Å². The van der Waals surface area contributed by atoms with E-state index in [1.807, 2.05) is 30.3 Å². The van der Waals surface area contributed by atoms with Gasteiger partial charge < -0.3 is 20.7 Å². The molecular formula is C21H24FN3O3. The number of nitrogens with one attached hydrogen (secondary N) is 3. The van der Waals surface area contributed by atoms with Gasteiger partial charge in [0.2, 0.25) is 5.91 Å². The Morgan fingerprint density at radius 2 is 1.93 bits per heavy atom. The molecule has 1 atom stereocenters. The van der Waals surface area contributed by atoms with E-state index in [2.05, 4.69) is 16.0 Å². The Bertz CT molecular complexity index is 808. The van der Waals surface area contributed by atoms with Crippen molar-refractivity contribution in [2.45, 2.75) is 31.8 Å². The van der Waals surface area contributed by atoms with Crippen LogP contribution in [0.5, 0.6) is 0 Å². The monoisotopic (exact) mass is 385 g/mol. The quantitative estimate of drug-likeness (QED) is 0.680. The van der Waals surface area contributed by atoms with Gasteiger partial charge in [-0.05, 0) is 43.0 Å². The maximum atomic E-state index is 14.0. The molecule has 1 heterocycles. The van der Waals surface area contributed by atoms with E-state index in [4.69, 9.17) is 4.74 Å². The van der Waals surface area contributed by atoms with E-state index >= 15 is 0 Å². The summed E-state index contributed by atoms with van der Waals surface area (Å²) in [4.78, 5) is 24.1. The summed E-state index contributed by atoms with van der Waals surface area (Å²) in [5.74, 6) is -0.894. The Balaban J connectivity index is 1.50. The van der Waals surface area contributed by atoms with Crippen molar-refractivity contribution >= 4 is 23.3 Å². The lowest BCUT2D eigenvalue weighted by Gasteiger charge is -2.12. The normalized spacial score (nSPS) is 15.8. The third-order valence-electron chi connectivity index (χ3n) is 4.48. The van der Waals surface area contributed by atoms with Gasteiger partial charge >= 0.3 is 6.03 Å². The van der Waals surface area contributed by atoms with E-state index in [9.17, 15) is 14.0 Å². The van der Waals surface area contributed by atoms with Crippen LogP contribution in [0.3, 0.4) is 0 Å². The largest absolute Gasteiger partial charge is 0.378 e. The molecule has 0 spiro atoms. The minimum atomic E-state index is -0.564. The molecule has 3 amide bonds. The average molecular weight is 385 g/mol. The van der Waals surface area contributed by atoms with Crippen LogP contribution in [0.25, 0.3) is 0 Å². The minimum absolute atomic E-state index is 0.0260. The van der Waals surface area contributed by atoms with Crippen molar-refractivity contribution in [2.75, 3.05) is 23.8 Å². The molecule has 0 radical (unpaired) electrons. The van der Waals surface area contributed by atoms with Crippen molar-refractivity contribution < 1.29 is 18.7 Å². The topological polar surface area (TPSA) is 79.5 Å². The van der Waals surface area contributed by atoms with Gasteiger partial charge in [-0.1, -0.05) is 30.3 Å². The van der Waals surface area contributed by atoms with Crippen molar-refractivity contribution in [3.8, 4) is 0 Å². The Kier molecular flexibility index (Phi) is 6.97. The number of urea groups is 1. The zero-order valence-electron chi connectivity index (χ0n) is 15.5. The molecule has 3 N–H and O–H groups in total. The molecule has 7 heteroatoms. The number of halogens is 1. The zero-order chi connectivity index (χ0) is 19.8. The van der Waals surface area contributed by atoms with Gasteiger partial charge in [0.15, 0.2) is 0 Å². The molecule has 0 unspecified atom stereocenters. The number of benzene rings is 2. The minimum Gasteiger partial charge on any atom is -0.378 e. The predicted octanol–water partition coefficient (Wildman–Crippen LogP) is 3.70. The molecule has 1 saturated heterocycles. The number of hydrogen-bond donors (Lipinski definition) is 3. The fourth-order valence-electron chi connectivity index (χ4n) is 3.07. The highest BCUT2D eigenvalue weighted by atomic mass is 19.1. The molecule has 0 saturated carbocycles. The smallest absolute Gasteiger partial charge is 0.319 e. The van der Waals surface area contributed by atoms with Gasteiger partial charge in [0.1, 0.15) is 5.82 Å². The van der Waals surface area contributed by atoms with Crippen LogP contribution in [0.2, 0.25) is 0 Å². The first-order valence-electron chi connectivity index (χ1n) is 9.40. The highest BCUT2D eigenvalue weighted by Gasteiger charge is 2.15. The Morgan fingerprint density at radius 1 is 1.11 bits per heavy atom. The molecule has 0 aliphatic carbocycles. The molecule has 148 valence electrons. The number of carbonyl (C=O) groups excluding carboxylic acids is 2. The molecule has 28 heavy (non-hydrogen) atoms. The highest BCUT2D eigenvalue weighted by molar-refractivity contribution is 5.94. The molecular weight excluding hydrogens is 361 g/mol. The van der Waals surface area contributed by atoms with E-state index in [0.29, 0.717) is 12.2 Å². The van der Waals surface area contributed by atoms with Gasteiger partial charge in [0.05, 0.1) is 18.2 Å². The van der Waals surface area contributed by atoms with E-state index in [0.717, 1.165) is 31.4 Å². The van der Waals surface area contributed by atoms with E-state index in [-0.39, 0.29) is 30.2 Å². The van der Waals surface area contributed by atoms with Crippen molar-refractivity contribution in [3.63, 3.8) is 0 Å². The third kappa shape index (κ3) is 6.06. The van der Waals surface area contributed by atoms with Gasteiger partial charge in [0, 0.05) is 18.8 Å². The summed E-state index contributed by atoms with van der Waals surface area (Å²) in [6.45, 7) is 1.28. The van der Waals surface area contributed by atoms with Crippen molar-refractivity contribution in [3.05, 3.63) is 59.9 Å². The molecule has 0 aromatic heterocycles. The van der Waals surface area contributed by atoms with Crippen LogP contribution in [-0.2, 0) is 16.0 Å². The predicted molar refractivity (Wildman–Crippen MR) is 106 cm³/mol. The Hall–Kier alpha value is -2.93. The van der Waals surface area contributed by atoms with Crippen LogP contribution in [0, 0.1) is 5.82 Å². The van der Waals surface area contributed by atoms with Gasteiger partial charge in [-0.15, -0.1) is 0 Å². The second-order valence-corrected chi connectivity index (χ2v) is 6.71. The molecule has 1 aliphatic rings. The maximum absolute atomic E-state index is 14.0. The van der Waals surface area contributed by atoms with E-state index < -0.39 is 5.82 Å². The van der Waals surface area contributed by atoms with Crippen LogP contribution in [0.1, 0.15) is 24.8 Å². The molecule has 1 aliphatic heterocycles. The second kappa shape index (κ2) is 9.85. The second-order valence-electron chi connectivity index (χ2n) is 6.71. The van der Waals surface area contributed by atoms with Crippen LogP contribution < -0.4 is 16.0 Å². The summed E-state index contributed by atoms with van der Waals surface area (Å²) in [7, 11) is 0. The van der Waals surface area contributed by atoms with E-state index in [1.165, 1.54) is 18.2 Å². The van der Waals surface area contributed by atoms with Crippen molar-refractivity contribution in [2.24, 2.45) is 0 Å². The number of rotatable bonds is 7. The summed E-state index contributed by atoms with van der Waals surface area (Å²) >= 11 is 0. The third-order valence-corrected chi connectivity index (χ3v) is 4.48. The van der Waals surface area contributed by atoms with Crippen molar-refractivity contribution in [1.82, 2.24) is 5.32 Å². The fourth-order valence-corrected chi connectivity index (χ4v) is 3.07. The number of amides is 3. The lowest BCUT2D eigenvalue weighted by Crippen LogP contribution is -2.31. The number of ether oxygens (including phenoxy) is 1. The lowest BCUT2D eigenvalue weighted by atomic mass is 10.1. The van der Waals surface area contributed by atoms with Gasteiger partial charge in [0.25, 0.3) is 0 Å². The number of hydrogen-bond acceptors (Lipinski definition) is 3. The van der Waals surface area contributed by atoms with Gasteiger partial charge in [-0.2, -0.15) is 0 Å². The average Bonchev–Trinajstić information content (AvgIpc) is 3.19. The number of carbonyl (C=O) groups is 2. The first-order chi connectivity index (χ1) is 13.6.